The van der Waals surface area contributed by atoms with Crippen LogP contribution in [0.4, 0.5) is 0 Å². The van der Waals surface area contributed by atoms with Gasteiger partial charge < -0.3 is 5.73 Å². The molecule has 0 saturated carbocycles. The number of aromatic nitrogens is 1. The van der Waals surface area contributed by atoms with E-state index in [1.165, 1.54) is 30.5 Å². The Bertz CT molecular complexity index is 415. The number of aryl methyl sites for hydroxylation is 2. The van der Waals surface area contributed by atoms with E-state index in [-0.39, 0.29) is 5.92 Å². The van der Waals surface area contributed by atoms with E-state index in [0.29, 0.717) is 4.99 Å². The molecule has 0 saturated heterocycles. The smallest absolute Gasteiger partial charge is 0.0819 e. The highest BCUT2D eigenvalue weighted by Crippen LogP contribution is 2.30. The van der Waals surface area contributed by atoms with Gasteiger partial charge in [0.1, 0.15) is 0 Å². The van der Waals surface area contributed by atoms with Crippen molar-refractivity contribution in [1.82, 2.24) is 4.98 Å². The Morgan fingerprint density at radius 2 is 2.35 bits per heavy atom. The van der Waals surface area contributed by atoms with Crippen molar-refractivity contribution in [1.29, 1.82) is 0 Å². The number of hydrogen-bond acceptors (Lipinski definition) is 2. The van der Waals surface area contributed by atoms with E-state index in [9.17, 15) is 0 Å². The van der Waals surface area contributed by atoms with Gasteiger partial charge >= 0.3 is 0 Å². The van der Waals surface area contributed by atoms with Gasteiger partial charge in [-0.2, -0.15) is 0 Å². The van der Waals surface area contributed by atoms with Crippen molar-refractivity contribution in [2.75, 3.05) is 0 Å². The van der Waals surface area contributed by atoms with E-state index >= 15 is 0 Å². The zero-order chi connectivity index (χ0) is 12.3. The first-order valence-electron chi connectivity index (χ1n) is 6.50. The number of hydrogen-bond donors (Lipinski definition) is 1. The Balaban J connectivity index is 2.27. The van der Waals surface area contributed by atoms with Crippen LogP contribution in [0.25, 0.3) is 0 Å². The van der Waals surface area contributed by atoms with Gasteiger partial charge in [0.2, 0.25) is 0 Å². The van der Waals surface area contributed by atoms with Gasteiger partial charge in [-0.15, -0.1) is 0 Å². The summed E-state index contributed by atoms with van der Waals surface area (Å²) in [6.07, 6.45) is 6.82. The monoisotopic (exact) mass is 248 g/mol. The summed E-state index contributed by atoms with van der Waals surface area (Å²) < 4.78 is 0. The molecule has 92 valence electrons. The summed E-state index contributed by atoms with van der Waals surface area (Å²) in [4.78, 5) is 5.39. The molecule has 0 aliphatic heterocycles. The van der Waals surface area contributed by atoms with Crippen LogP contribution in [-0.4, -0.2) is 9.97 Å². The molecule has 1 aromatic rings. The van der Waals surface area contributed by atoms with Crippen molar-refractivity contribution in [3.8, 4) is 0 Å². The molecule has 2 N–H and O–H groups in total. The predicted molar refractivity (Wildman–Crippen MR) is 75.3 cm³/mol. The summed E-state index contributed by atoms with van der Waals surface area (Å²) in [5, 5.41) is 0. The van der Waals surface area contributed by atoms with Gasteiger partial charge in [0.05, 0.1) is 16.6 Å². The van der Waals surface area contributed by atoms with Gasteiger partial charge in [-0.3, -0.25) is 4.98 Å². The van der Waals surface area contributed by atoms with Gasteiger partial charge in [-0.1, -0.05) is 31.6 Å². The molecular formula is C14H20N2S. The van der Waals surface area contributed by atoms with Crippen LogP contribution >= 0.6 is 12.2 Å². The molecule has 1 aromatic heterocycles. The Morgan fingerprint density at radius 1 is 1.53 bits per heavy atom. The molecule has 2 nitrogen and oxygen atoms in total. The first-order valence-corrected chi connectivity index (χ1v) is 6.91. The summed E-state index contributed by atoms with van der Waals surface area (Å²) in [5.74, 6) is 0.204. The van der Waals surface area contributed by atoms with E-state index in [2.05, 4.69) is 19.1 Å². The third kappa shape index (κ3) is 2.83. The summed E-state index contributed by atoms with van der Waals surface area (Å²) in [6, 6.07) is 4.38. The molecule has 0 radical (unpaired) electrons. The maximum absolute atomic E-state index is 5.82. The van der Waals surface area contributed by atoms with Crippen LogP contribution < -0.4 is 5.73 Å². The predicted octanol–water partition coefficient (Wildman–Crippen LogP) is 3.13. The largest absolute Gasteiger partial charge is 0.393 e. The van der Waals surface area contributed by atoms with E-state index in [1.54, 1.807) is 0 Å². The molecule has 0 spiro atoms. The molecule has 0 amide bonds. The normalized spacial score (nSPS) is 18.8. The van der Waals surface area contributed by atoms with Crippen LogP contribution in [0.15, 0.2) is 12.1 Å². The number of unbranched alkanes of at least 4 members (excludes halogenated alkanes) is 1. The van der Waals surface area contributed by atoms with Crippen molar-refractivity contribution in [2.24, 2.45) is 5.73 Å². The fraction of sp³-hybridized carbons (Fsp3) is 0.571. The van der Waals surface area contributed by atoms with Crippen LogP contribution in [0, 0.1) is 0 Å². The Labute approximate surface area is 109 Å². The van der Waals surface area contributed by atoms with Crippen molar-refractivity contribution in [3.63, 3.8) is 0 Å². The first-order chi connectivity index (χ1) is 8.22. The number of fused-ring (bicyclic) bond motifs is 1. The molecule has 0 fully saturated rings. The second-order valence-corrected chi connectivity index (χ2v) is 5.27. The molecule has 2 rings (SSSR count). The van der Waals surface area contributed by atoms with Crippen molar-refractivity contribution < 1.29 is 0 Å². The lowest BCUT2D eigenvalue weighted by atomic mass is 9.86. The summed E-state index contributed by atoms with van der Waals surface area (Å²) >= 11 is 5.16. The topological polar surface area (TPSA) is 38.9 Å². The lowest BCUT2D eigenvalue weighted by molar-refractivity contribution is 0.627. The second-order valence-electron chi connectivity index (χ2n) is 4.80. The first kappa shape index (κ1) is 12.5. The zero-order valence-corrected chi connectivity index (χ0v) is 11.2. The van der Waals surface area contributed by atoms with Crippen molar-refractivity contribution in [3.05, 3.63) is 29.1 Å². The lowest BCUT2D eigenvalue weighted by Crippen LogP contribution is -2.25. The summed E-state index contributed by atoms with van der Waals surface area (Å²) in [6.45, 7) is 2.20. The minimum Gasteiger partial charge on any atom is -0.393 e. The van der Waals surface area contributed by atoms with E-state index in [0.717, 1.165) is 25.0 Å². The minimum atomic E-state index is 0.204. The maximum atomic E-state index is 5.82. The lowest BCUT2D eigenvalue weighted by Gasteiger charge is -2.24. The third-order valence-electron chi connectivity index (χ3n) is 3.47. The fourth-order valence-electron chi connectivity index (χ4n) is 2.47. The van der Waals surface area contributed by atoms with Gasteiger partial charge in [-0.25, -0.2) is 0 Å². The van der Waals surface area contributed by atoms with E-state index in [1.807, 2.05) is 0 Å². The second kappa shape index (κ2) is 5.58. The highest BCUT2D eigenvalue weighted by molar-refractivity contribution is 7.80. The molecule has 0 unspecified atom stereocenters. The van der Waals surface area contributed by atoms with Crippen LogP contribution in [0.2, 0.25) is 0 Å². The quantitative estimate of drug-likeness (QED) is 0.832. The van der Waals surface area contributed by atoms with Crippen LogP contribution in [0.5, 0.6) is 0 Å². The number of rotatable bonds is 4. The SMILES string of the molecule is CCCCc1ccc2c(n1)[C@H](C(N)=S)CCC2. The number of nitrogens with zero attached hydrogens (tertiary/aromatic N) is 1. The van der Waals surface area contributed by atoms with Crippen molar-refractivity contribution in [2.45, 2.75) is 51.4 Å². The minimum absolute atomic E-state index is 0.204. The third-order valence-corrected chi connectivity index (χ3v) is 3.75. The van der Waals surface area contributed by atoms with E-state index < -0.39 is 0 Å². The number of thiocarbonyl (C=S) groups is 1. The van der Waals surface area contributed by atoms with Crippen LogP contribution in [-0.2, 0) is 12.8 Å². The molecule has 0 aromatic carbocycles. The number of pyridine rings is 1. The molecule has 1 aliphatic rings. The highest BCUT2D eigenvalue weighted by atomic mass is 32.1. The van der Waals surface area contributed by atoms with Crippen LogP contribution in [0.3, 0.4) is 0 Å². The van der Waals surface area contributed by atoms with E-state index in [4.69, 9.17) is 22.9 Å². The highest BCUT2D eigenvalue weighted by Gasteiger charge is 2.23. The van der Waals surface area contributed by atoms with Gasteiger partial charge in [0, 0.05) is 5.69 Å². The van der Waals surface area contributed by atoms with Gasteiger partial charge in [-0.05, 0) is 43.7 Å². The molecule has 0 bridgehead atoms. The molecule has 3 heteroatoms. The average Bonchev–Trinajstić information content (AvgIpc) is 2.35. The molecule has 1 atom stereocenters. The fourth-order valence-corrected chi connectivity index (χ4v) is 2.70. The Hall–Kier alpha value is -0.960. The Morgan fingerprint density at radius 3 is 3.06 bits per heavy atom. The summed E-state index contributed by atoms with van der Waals surface area (Å²) in [5.41, 5.74) is 9.50. The van der Waals surface area contributed by atoms with Crippen molar-refractivity contribution >= 4 is 17.2 Å². The maximum Gasteiger partial charge on any atom is 0.0819 e. The summed E-state index contributed by atoms with van der Waals surface area (Å²) in [7, 11) is 0. The van der Waals surface area contributed by atoms with Gasteiger partial charge in [0.25, 0.3) is 0 Å². The molecule has 17 heavy (non-hydrogen) atoms. The van der Waals surface area contributed by atoms with Gasteiger partial charge in [0.15, 0.2) is 0 Å². The molecular weight excluding hydrogens is 228 g/mol. The van der Waals surface area contributed by atoms with Crippen LogP contribution in [0.1, 0.15) is 55.5 Å². The average molecular weight is 248 g/mol. The standard InChI is InChI=1S/C14H20N2S/c1-2-3-6-11-9-8-10-5-4-7-12(14(15)17)13(10)16-11/h8-9,12H,2-7H2,1H3,(H2,15,17)/t12-/m1/s1. The molecule has 1 heterocycles. The zero-order valence-electron chi connectivity index (χ0n) is 10.4. The Kier molecular flexibility index (Phi) is 4.11. The number of nitrogens with two attached hydrogens (primary N) is 1. The molecule has 1 aliphatic carbocycles.